The van der Waals surface area contributed by atoms with Crippen molar-refractivity contribution in [3.05, 3.63) is 29.8 Å². The highest BCUT2D eigenvalue weighted by atomic mass is 16.5. The zero-order valence-corrected chi connectivity index (χ0v) is 13.4. The van der Waals surface area contributed by atoms with Crippen LogP contribution in [-0.2, 0) is 4.74 Å². The van der Waals surface area contributed by atoms with Crippen LogP contribution in [0.5, 0.6) is 0 Å². The Morgan fingerprint density at radius 2 is 2.14 bits per heavy atom. The van der Waals surface area contributed by atoms with Crippen molar-refractivity contribution in [2.75, 3.05) is 18.5 Å². The van der Waals surface area contributed by atoms with Gasteiger partial charge in [-0.3, -0.25) is 4.79 Å². The number of carbonyl (C=O) groups is 1. The van der Waals surface area contributed by atoms with Crippen LogP contribution in [0.1, 0.15) is 44.5 Å². The first-order valence-corrected chi connectivity index (χ1v) is 7.75. The van der Waals surface area contributed by atoms with E-state index >= 15 is 0 Å². The molecule has 0 heterocycles. The maximum atomic E-state index is 11.9. The summed E-state index contributed by atoms with van der Waals surface area (Å²) >= 11 is 0. The highest BCUT2D eigenvalue weighted by molar-refractivity contribution is 5.95. The van der Waals surface area contributed by atoms with Crippen molar-refractivity contribution in [2.24, 2.45) is 5.41 Å². The Hall–Kier alpha value is -1.55. The SMILES string of the molecule is CCNC(=O)c1cccc(NC2CC(OCC)C2(C)C)c1. The monoisotopic (exact) mass is 290 g/mol. The summed E-state index contributed by atoms with van der Waals surface area (Å²) < 4.78 is 5.75. The van der Waals surface area contributed by atoms with Gasteiger partial charge in [0.05, 0.1) is 6.10 Å². The summed E-state index contributed by atoms with van der Waals surface area (Å²) in [7, 11) is 0. The van der Waals surface area contributed by atoms with E-state index in [1.807, 2.05) is 38.1 Å². The van der Waals surface area contributed by atoms with E-state index in [1.54, 1.807) is 0 Å². The van der Waals surface area contributed by atoms with Crippen molar-refractivity contribution in [1.82, 2.24) is 5.32 Å². The van der Waals surface area contributed by atoms with Crippen LogP contribution in [0.3, 0.4) is 0 Å². The third-order valence-electron chi connectivity index (χ3n) is 4.35. The molecule has 1 amide bonds. The number of ether oxygens (including phenoxy) is 1. The zero-order valence-electron chi connectivity index (χ0n) is 13.4. The molecule has 2 N–H and O–H groups in total. The fourth-order valence-electron chi connectivity index (χ4n) is 2.83. The van der Waals surface area contributed by atoms with Crippen LogP contribution in [0.4, 0.5) is 5.69 Å². The Labute approximate surface area is 127 Å². The predicted octanol–water partition coefficient (Wildman–Crippen LogP) is 3.05. The topological polar surface area (TPSA) is 50.4 Å². The Kier molecular flexibility index (Phi) is 4.88. The molecule has 0 radical (unpaired) electrons. The van der Waals surface area contributed by atoms with E-state index in [4.69, 9.17) is 4.74 Å². The largest absolute Gasteiger partial charge is 0.382 e. The molecule has 21 heavy (non-hydrogen) atoms. The van der Waals surface area contributed by atoms with E-state index in [1.165, 1.54) is 0 Å². The Morgan fingerprint density at radius 1 is 1.38 bits per heavy atom. The van der Waals surface area contributed by atoms with E-state index in [0.29, 0.717) is 24.3 Å². The first-order chi connectivity index (χ1) is 9.98. The lowest BCUT2D eigenvalue weighted by Gasteiger charge is -2.52. The molecule has 1 aromatic carbocycles. The highest BCUT2D eigenvalue weighted by Crippen LogP contribution is 2.44. The first kappa shape index (κ1) is 15.8. The molecule has 2 rings (SSSR count). The summed E-state index contributed by atoms with van der Waals surface area (Å²) in [4.78, 5) is 11.9. The van der Waals surface area contributed by atoms with Crippen LogP contribution < -0.4 is 10.6 Å². The van der Waals surface area contributed by atoms with Gasteiger partial charge in [-0.1, -0.05) is 19.9 Å². The van der Waals surface area contributed by atoms with Crippen molar-refractivity contribution in [2.45, 2.75) is 46.3 Å². The van der Waals surface area contributed by atoms with Gasteiger partial charge in [-0.25, -0.2) is 0 Å². The number of benzene rings is 1. The molecule has 0 bridgehead atoms. The average molecular weight is 290 g/mol. The van der Waals surface area contributed by atoms with Crippen molar-refractivity contribution >= 4 is 11.6 Å². The molecule has 1 aliphatic carbocycles. The van der Waals surface area contributed by atoms with Gasteiger partial charge >= 0.3 is 0 Å². The van der Waals surface area contributed by atoms with E-state index in [0.717, 1.165) is 18.7 Å². The predicted molar refractivity (Wildman–Crippen MR) is 85.7 cm³/mol. The summed E-state index contributed by atoms with van der Waals surface area (Å²) in [5.41, 5.74) is 1.80. The summed E-state index contributed by atoms with van der Waals surface area (Å²) in [5, 5.41) is 6.36. The van der Waals surface area contributed by atoms with Crippen molar-refractivity contribution in [3.63, 3.8) is 0 Å². The molecular weight excluding hydrogens is 264 g/mol. The second-order valence-electron chi connectivity index (χ2n) is 6.14. The van der Waals surface area contributed by atoms with Crippen molar-refractivity contribution < 1.29 is 9.53 Å². The fraction of sp³-hybridized carbons (Fsp3) is 0.588. The molecule has 1 fully saturated rings. The van der Waals surface area contributed by atoms with Crippen LogP contribution >= 0.6 is 0 Å². The van der Waals surface area contributed by atoms with Crippen LogP contribution in [0.2, 0.25) is 0 Å². The summed E-state index contributed by atoms with van der Waals surface area (Å²) in [5.74, 6) is -0.0267. The standard InChI is InChI=1S/C17H26N2O2/c1-5-18-16(20)12-8-7-9-13(10-12)19-14-11-15(21-6-2)17(14,3)4/h7-10,14-15,19H,5-6,11H2,1-4H3,(H,18,20). The summed E-state index contributed by atoms with van der Waals surface area (Å²) in [6, 6.07) is 8.05. The highest BCUT2D eigenvalue weighted by Gasteiger charge is 2.48. The van der Waals surface area contributed by atoms with Crippen molar-refractivity contribution in [3.8, 4) is 0 Å². The molecule has 0 saturated heterocycles. The van der Waals surface area contributed by atoms with Gasteiger partial charge in [-0.2, -0.15) is 0 Å². The van der Waals surface area contributed by atoms with Gasteiger partial charge in [0.15, 0.2) is 0 Å². The quantitative estimate of drug-likeness (QED) is 0.846. The van der Waals surface area contributed by atoms with E-state index in [2.05, 4.69) is 24.5 Å². The van der Waals surface area contributed by atoms with E-state index < -0.39 is 0 Å². The number of nitrogens with one attached hydrogen (secondary N) is 2. The smallest absolute Gasteiger partial charge is 0.251 e. The molecule has 2 unspecified atom stereocenters. The average Bonchev–Trinajstić information content (AvgIpc) is 2.47. The van der Waals surface area contributed by atoms with Gasteiger partial charge < -0.3 is 15.4 Å². The molecule has 0 aliphatic heterocycles. The van der Waals surface area contributed by atoms with Gasteiger partial charge in [0.25, 0.3) is 5.91 Å². The molecule has 4 heteroatoms. The molecule has 2 atom stereocenters. The molecule has 4 nitrogen and oxygen atoms in total. The minimum absolute atomic E-state index is 0.0267. The third-order valence-corrected chi connectivity index (χ3v) is 4.35. The molecule has 0 aromatic heterocycles. The van der Waals surface area contributed by atoms with E-state index in [-0.39, 0.29) is 11.3 Å². The van der Waals surface area contributed by atoms with Crippen molar-refractivity contribution in [1.29, 1.82) is 0 Å². The Bertz CT molecular complexity index is 499. The van der Waals surface area contributed by atoms with Crippen LogP contribution in [-0.4, -0.2) is 31.2 Å². The fourth-order valence-corrected chi connectivity index (χ4v) is 2.83. The molecule has 0 spiro atoms. The lowest BCUT2D eigenvalue weighted by molar-refractivity contribution is -0.0975. The molecule has 1 saturated carbocycles. The molecule has 1 aromatic rings. The minimum Gasteiger partial charge on any atom is -0.382 e. The zero-order chi connectivity index (χ0) is 15.5. The van der Waals surface area contributed by atoms with Gasteiger partial charge in [-0.15, -0.1) is 0 Å². The van der Waals surface area contributed by atoms with Crippen LogP contribution in [0, 0.1) is 5.41 Å². The number of hydrogen-bond acceptors (Lipinski definition) is 3. The molecular formula is C17H26N2O2. The van der Waals surface area contributed by atoms with Gasteiger partial charge in [0, 0.05) is 35.9 Å². The summed E-state index contributed by atoms with van der Waals surface area (Å²) in [6.07, 6.45) is 1.32. The Balaban J connectivity index is 2.01. The molecule has 116 valence electrons. The van der Waals surface area contributed by atoms with Gasteiger partial charge in [0.1, 0.15) is 0 Å². The molecule has 1 aliphatic rings. The lowest BCUT2D eigenvalue weighted by Crippen LogP contribution is -2.58. The third kappa shape index (κ3) is 3.38. The van der Waals surface area contributed by atoms with Crippen LogP contribution in [0.15, 0.2) is 24.3 Å². The van der Waals surface area contributed by atoms with Gasteiger partial charge in [0.2, 0.25) is 0 Å². The Morgan fingerprint density at radius 3 is 2.76 bits per heavy atom. The number of carbonyl (C=O) groups excluding carboxylic acids is 1. The minimum atomic E-state index is -0.0267. The number of rotatable bonds is 6. The lowest BCUT2D eigenvalue weighted by atomic mass is 9.64. The number of amides is 1. The maximum absolute atomic E-state index is 11.9. The number of hydrogen-bond donors (Lipinski definition) is 2. The van der Waals surface area contributed by atoms with Gasteiger partial charge in [-0.05, 0) is 38.5 Å². The second kappa shape index (κ2) is 6.48. The van der Waals surface area contributed by atoms with Crippen LogP contribution in [0.25, 0.3) is 0 Å². The van der Waals surface area contributed by atoms with E-state index in [9.17, 15) is 4.79 Å². The maximum Gasteiger partial charge on any atom is 0.251 e. The summed E-state index contributed by atoms with van der Waals surface area (Å²) in [6.45, 7) is 9.80. The first-order valence-electron chi connectivity index (χ1n) is 7.75. The second-order valence-corrected chi connectivity index (χ2v) is 6.14. The normalized spacial score (nSPS) is 23.2. The number of anilines is 1.